The van der Waals surface area contributed by atoms with Gasteiger partial charge in [0, 0.05) is 13.6 Å². The lowest BCUT2D eigenvalue weighted by Gasteiger charge is -2.17. The van der Waals surface area contributed by atoms with Crippen molar-refractivity contribution in [2.24, 2.45) is 5.73 Å². The molecular weight excluding hydrogens is 286 g/mol. The minimum Gasteiger partial charge on any atom is -0.481 e. The first-order chi connectivity index (χ1) is 9.42. The van der Waals surface area contributed by atoms with E-state index in [9.17, 15) is 8.42 Å². The molecule has 0 aliphatic carbocycles. The van der Waals surface area contributed by atoms with Crippen LogP contribution in [-0.4, -0.2) is 57.0 Å². The zero-order valence-corrected chi connectivity index (χ0v) is 12.5. The molecule has 1 aromatic heterocycles. The molecule has 0 aromatic carbocycles. The SMILES string of the molecule is COc1cc(OC)nc(NS(=O)(=O)N(C)CCCN)n1. The minimum absolute atomic E-state index is 0.124. The van der Waals surface area contributed by atoms with Crippen molar-refractivity contribution >= 4 is 16.2 Å². The predicted octanol–water partition coefficient (Wildman–Crippen LogP) is -0.569. The Kier molecular flexibility index (Phi) is 5.92. The second kappa shape index (κ2) is 7.22. The Labute approximate surface area is 118 Å². The van der Waals surface area contributed by atoms with Crippen molar-refractivity contribution in [3.8, 4) is 11.8 Å². The van der Waals surface area contributed by atoms with Crippen LogP contribution in [-0.2, 0) is 10.2 Å². The maximum absolute atomic E-state index is 12.0. The van der Waals surface area contributed by atoms with E-state index in [1.165, 1.54) is 27.3 Å². The molecule has 0 unspecified atom stereocenters. The Hall–Kier alpha value is -1.65. The molecule has 10 heteroatoms. The Balaban J connectivity index is 2.91. The Bertz CT molecular complexity index is 514. The van der Waals surface area contributed by atoms with Crippen LogP contribution in [0.3, 0.4) is 0 Å². The fraction of sp³-hybridized carbons (Fsp3) is 0.600. The molecule has 20 heavy (non-hydrogen) atoms. The minimum atomic E-state index is -3.74. The van der Waals surface area contributed by atoms with Gasteiger partial charge in [0.1, 0.15) is 0 Å². The lowest BCUT2D eigenvalue weighted by Crippen LogP contribution is -2.34. The summed E-state index contributed by atoms with van der Waals surface area (Å²) in [7, 11) is 0.516. The van der Waals surface area contributed by atoms with Gasteiger partial charge < -0.3 is 15.2 Å². The van der Waals surface area contributed by atoms with Gasteiger partial charge in [0.25, 0.3) is 0 Å². The van der Waals surface area contributed by atoms with Crippen LogP contribution in [0, 0.1) is 0 Å². The van der Waals surface area contributed by atoms with E-state index >= 15 is 0 Å². The molecule has 0 radical (unpaired) electrons. The van der Waals surface area contributed by atoms with Gasteiger partial charge in [-0.05, 0) is 13.0 Å². The lowest BCUT2D eigenvalue weighted by atomic mass is 10.4. The molecule has 0 atom stereocenters. The van der Waals surface area contributed by atoms with Crippen molar-refractivity contribution in [1.82, 2.24) is 14.3 Å². The number of hydrogen-bond acceptors (Lipinski definition) is 7. The van der Waals surface area contributed by atoms with Crippen molar-refractivity contribution < 1.29 is 17.9 Å². The molecule has 0 spiro atoms. The summed E-state index contributed by atoms with van der Waals surface area (Å²) in [5.41, 5.74) is 5.35. The first-order valence-corrected chi connectivity index (χ1v) is 7.28. The zero-order valence-electron chi connectivity index (χ0n) is 11.7. The number of anilines is 1. The zero-order chi connectivity index (χ0) is 15.2. The van der Waals surface area contributed by atoms with Crippen LogP contribution in [0.5, 0.6) is 11.8 Å². The van der Waals surface area contributed by atoms with E-state index in [1.54, 1.807) is 0 Å². The average molecular weight is 305 g/mol. The maximum atomic E-state index is 12.0. The third-order valence-electron chi connectivity index (χ3n) is 2.41. The smallest absolute Gasteiger partial charge is 0.303 e. The molecule has 9 nitrogen and oxygen atoms in total. The highest BCUT2D eigenvalue weighted by atomic mass is 32.2. The summed E-state index contributed by atoms with van der Waals surface area (Å²) in [4.78, 5) is 7.79. The normalized spacial score (nSPS) is 11.4. The topological polar surface area (TPSA) is 120 Å². The molecule has 1 heterocycles. The number of nitrogens with one attached hydrogen (secondary N) is 1. The van der Waals surface area contributed by atoms with Crippen LogP contribution in [0.2, 0.25) is 0 Å². The Morgan fingerprint density at radius 3 is 2.30 bits per heavy atom. The highest BCUT2D eigenvalue weighted by molar-refractivity contribution is 7.90. The largest absolute Gasteiger partial charge is 0.481 e. The van der Waals surface area contributed by atoms with E-state index < -0.39 is 10.2 Å². The van der Waals surface area contributed by atoms with Crippen LogP contribution < -0.4 is 19.9 Å². The summed E-state index contributed by atoms with van der Waals surface area (Å²) in [5, 5.41) is 0. The molecule has 3 N–H and O–H groups in total. The highest BCUT2D eigenvalue weighted by Gasteiger charge is 2.19. The molecule has 114 valence electrons. The maximum Gasteiger partial charge on any atom is 0.303 e. The number of nitrogens with two attached hydrogens (primary N) is 1. The van der Waals surface area contributed by atoms with Gasteiger partial charge in [0.05, 0.1) is 20.3 Å². The van der Waals surface area contributed by atoms with Gasteiger partial charge in [-0.2, -0.15) is 22.7 Å². The van der Waals surface area contributed by atoms with Gasteiger partial charge in [-0.3, -0.25) is 0 Å². The van der Waals surface area contributed by atoms with Gasteiger partial charge in [0.15, 0.2) is 0 Å². The Morgan fingerprint density at radius 1 is 1.30 bits per heavy atom. The molecule has 1 rings (SSSR count). The van der Waals surface area contributed by atoms with Crippen molar-refractivity contribution in [3.05, 3.63) is 6.07 Å². The summed E-state index contributed by atoms with van der Waals surface area (Å²) >= 11 is 0. The second-order valence-electron chi connectivity index (χ2n) is 3.85. The van der Waals surface area contributed by atoms with Crippen LogP contribution in [0.25, 0.3) is 0 Å². The number of nitrogens with zero attached hydrogens (tertiary/aromatic N) is 3. The summed E-state index contributed by atoms with van der Waals surface area (Å²) in [6.07, 6.45) is 0.555. The predicted molar refractivity (Wildman–Crippen MR) is 74.0 cm³/mol. The van der Waals surface area contributed by atoms with Crippen LogP contribution >= 0.6 is 0 Å². The number of ether oxygens (including phenoxy) is 2. The third kappa shape index (κ3) is 4.47. The van der Waals surface area contributed by atoms with Crippen molar-refractivity contribution in [2.75, 3.05) is 39.1 Å². The average Bonchev–Trinajstić information content (AvgIpc) is 2.43. The fourth-order valence-electron chi connectivity index (χ4n) is 1.29. The summed E-state index contributed by atoms with van der Waals surface area (Å²) < 4.78 is 37.3. The van der Waals surface area contributed by atoms with E-state index in [4.69, 9.17) is 15.2 Å². The molecule has 0 saturated heterocycles. The molecule has 0 aliphatic heterocycles. The van der Waals surface area contributed by atoms with Crippen molar-refractivity contribution in [2.45, 2.75) is 6.42 Å². The van der Waals surface area contributed by atoms with Gasteiger partial charge >= 0.3 is 10.2 Å². The number of hydrogen-bond donors (Lipinski definition) is 2. The van der Waals surface area contributed by atoms with Crippen molar-refractivity contribution in [3.63, 3.8) is 0 Å². The molecule has 0 bridgehead atoms. The van der Waals surface area contributed by atoms with Crippen LogP contribution in [0.4, 0.5) is 5.95 Å². The number of aromatic nitrogens is 2. The second-order valence-corrected chi connectivity index (χ2v) is 5.62. The van der Waals surface area contributed by atoms with Crippen LogP contribution in [0.15, 0.2) is 6.07 Å². The fourth-order valence-corrected chi connectivity index (χ4v) is 2.13. The molecular formula is C10H19N5O4S. The highest BCUT2D eigenvalue weighted by Crippen LogP contribution is 2.18. The molecule has 0 amide bonds. The summed E-state index contributed by atoms with van der Waals surface area (Å²) in [6.45, 7) is 0.705. The van der Waals surface area contributed by atoms with E-state index in [0.717, 1.165) is 4.31 Å². The molecule has 0 fully saturated rings. The molecule has 1 aromatic rings. The first-order valence-electron chi connectivity index (χ1n) is 5.84. The molecule has 0 saturated carbocycles. The summed E-state index contributed by atoms with van der Waals surface area (Å²) in [6, 6.07) is 1.44. The Morgan fingerprint density at radius 2 is 1.85 bits per heavy atom. The first kappa shape index (κ1) is 16.4. The van der Waals surface area contributed by atoms with E-state index in [0.29, 0.717) is 19.5 Å². The van der Waals surface area contributed by atoms with Gasteiger partial charge in [-0.25, -0.2) is 4.72 Å². The van der Waals surface area contributed by atoms with Crippen LogP contribution in [0.1, 0.15) is 6.42 Å². The van der Waals surface area contributed by atoms with Gasteiger partial charge in [-0.15, -0.1) is 0 Å². The quantitative estimate of drug-likeness (QED) is 0.660. The summed E-state index contributed by atoms with van der Waals surface area (Å²) in [5.74, 6) is 0.263. The number of methoxy groups -OCH3 is 2. The van der Waals surface area contributed by atoms with Gasteiger partial charge in [-0.1, -0.05) is 0 Å². The van der Waals surface area contributed by atoms with E-state index in [2.05, 4.69) is 14.7 Å². The van der Waals surface area contributed by atoms with Crippen molar-refractivity contribution in [1.29, 1.82) is 0 Å². The van der Waals surface area contributed by atoms with Gasteiger partial charge in [0.2, 0.25) is 17.7 Å². The van der Waals surface area contributed by atoms with E-state index in [1.807, 2.05) is 0 Å². The third-order valence-corrected chi connectivity index (χ3v) is 3.85. The molecule has 0 aliphatic rings. The number of rotatable bonds is 8. The van der Waals surface area contributed by atoms with E-state index in [-0.39, 0.29) is 17.7 Å². The lowest BCUT2D eigenvalue weighted by molar-refractivity contribution is 0.373. The monoisotopic (exact) mass is 305 g/mol. The standard InChI is InChI=1S/C10H19N5O4S/c1-15(6-4-5-11)20(16,17)14-10-12-8(18-2)7-9(13-10)19-3/h7H,4-6,11H2,1-3H3,(H,12,13,14).